The van der Waals surface area contributed by atoms with Crippen LogP contribution in [0, 0.1) is 0 Å². The summed E-state index contributed by atoms with van der Waals surface area (Å²) in [7, 11) is 0. The van der Waals surface area contributed by atoms with Gasteiger partial charge < -0.3 is 14.2 Å². The molecule has 1 unspecified atom stereocenters. The average molecular weight is 1000 g/mol. The van der Waals surface area contributed by atoms with Crippen LogP contribution in [0.2, 0.25) is 0 Å². The molecule has 0 saturated heterocycles. The lowest BCUT2D eigenvalue weighted by molar-refractivity contribution is -0.166. The van der Waals surface area contributed by atoms with E-state index in [0.29, 0.717) is 19.3 Å². The van der Waals surface area contributed by atoms with Gasteiger partial charge in [-0.15, -0.1) is 0 Å². The van der Waals surface area contributed by atoms with Crippen molar-refractivity contribution in [3.05, 3.63) is 109 Å². The fourth-order valence-electron chi connectivity index (χ4n) is 8.06. The molecular formula is C66H110O6. The molecule has 410 valence electrons. The van der Waals surface area contributed by atoms with Crippen molar-refractivity contribution in [1.29, 1.82) is 0 Å². The number of carbonyl (C=O) groups excluding carboxylic acids is 3. The number of hydrogen-bond donors (Lipinski definition) is 0. The molecule has 0 saturated carbocycles. The second-order valence-electron chi connectivity index (χ2n) is 19.5. The summed E-state index contributed by atoms with van der Waals surface area (Å²) in [5, 5.41) is 0. The molecule has 0 fully saturated rings. The van der Waals surface area contributed by atoms with Crippen LogP contribution in [-0.4, -0.2) is 37.2 Å². The van der Waals surface area contributed by atoms with Gasteiger partial charge >= 0.3 is 17.9 Å². The summed E-state index contributed by atoms with van der Waals surface area (Å²) in [6.45, 7) is 6.45. The van der Waals surface area contributed by atoms with E-state index < -0.39 is 12.1 Å². The summed E-state index contributed by atoms with van der Waals surface area (Å²) in [5.74, 6) is -1.01. The number of unbranched alkanes of at least 4 members (excludes halogenated alkanes) is 24. The minimum Gasteiger partial charge on any atom is -0.462 e. The standard InChI is InChI=1S/C66H110O6/c1-4-7-10-13-16-19-22-25-28-30-32-33-35-36-38-41-44-47-50-53-56-59-65(68)71-62-63(61-70-64(67)58-55-52-49-46-43-40-27-24-21-18-15-12-9-6-3)72-66(69)60-57-54-51-48-45-42-39-37-34-31-29-26-23-20-17-14-11-8-5-2/h8,11,17,20,22,25-26,29-30,32,34-37,42,45,51,54,63H,4-7,9-10,12-16,18-19,21,23-24,27-28,31,33,38-41,43-44,46-50,52-53,55-62H2,1-3H3/b11-8-,20-17-,25-22-,29-26-,32-30-,36-35-,37-34-,45-42-,54-51-. The van der Waals surface area contributed by atoms with Crippen LogP contribution in [0.4, 0.5) is 0 Å². The van der Waals surface area contributed by atoms with Gasteiger partial charge in [0.05, 0.1) is 0 Å². The molecule has 0 spiro atoms. The van der Waals surface area contributed by atoms with Crippen LogP contribution in [0.25, 0.3) is 0 Å². The molecule has 0 heterocycles. The molecule has 0 aliphatic rings. The summed E-state index contributed by atoms with van der Waals surface area (Å²) in [4.78, 5) is 38.2. The van der Waals surface area contributed by atoms with Crippen LogP contribution in [-0.2, 0) is 28.6 Å². The van der Waals surface area contributed by atoms with Gasteiger partial charge in [0, 0.05) is 19.3 Å². The molecule has 6 heteroatoms. The molecule has 72 heavy (non-hydrogen) atoms. The van der Waals surface area contributed by atoms with E-state index in [1.54, 1.807) is 0 Å². The Morgan fingerprint density at radius 3 is 0.903 bits per heavy atom. The van der Waals surface area contributed by atoms with Crippen molar-refractivity contribution in [2.75, 3.05) is 13.2 Å². The highest BCUT2D eigenvalue weighted by Gasteiger charge is 2.19. The lowest BCUT2D eigenvalue weighted by Crippen LogP contribution is -2.30. The van der Waals surface area contributed by atoms with Crippen molar-refractivity contribution in [1.82, 2.24) is 0 Å². The van der Waals surface area contributed by atoms with Crippen LogP contribution in [0.3, 0.4) is 0 Å². The van der Waals surface area contributed by atoms with Crippen LogP contribution < -0.4 is 0 Å². The third kappa shape index (κ3) is 57.0. The number of allylic oxidation sites excluding steroid dienone is 18. The first-order valence-corrected chi connectivity index (χ1v) is 29.9. The van der Waals surface area contributed by atoms with E-state index in [4.69, 9.17) is 14.2 Å². The van der Waals surface area contributed by atoms with Crippen LogP contribution in [0.5, 0.6) is 0 Å². The topological polar surface area (TPSA) is 78.9 Å². The van der Waals surface area contributed by atoms with Crippen molar-refractivity contribution in [2.45, 2.75) is 277 Å². The van der Waals surface area contributed by atoms with Gasteiger partial charge in [-0.1, -0.05) is 265 Å². The first kappa shape index (κ1) is 68.1. The minimum atomic E-state index is -0.825. The average Bonchev–Trinajstić information content (AvgIpc) is 3.38. The molecule has 0 rings (SSSR count). The molecule has 1 atom stereocenters. The Kier molecular flexibility index (Phi) is 56.4. The third-order valence-corrected chi connectivity index (χ3v) is 12.5. The summed E-state index contributed by atoms with van der Waals surface area (Å²) in [5.41, 5.74) is 0. The van der Waals surface area contributed by atoms with Crippen LogP contribution in [0.15, 0.2) is 109 Å². The van der Waals surface area contributed by atoms with Gasteiger partial charge in [0.15, 0.2) is 6.10 Å². The Labute approximate surface area is 444 Å². The molecular weight excluding hydrogens is 889 g/mol. The van der Waals surface area contributed by atoms with Crippen molar-refractivity contribution in [3.63, 3.8) is 0 Å². The quantitative estimate of drug-likeness (QED) is 0.0261. The number of rotatable bonds is 53. The fourth-order valence-corrected chi connectivity index (χ4v) is 8.06. The molecule has 0 aliphatic carbocycles. The largest absolute Gasteiger partial charge is 0.462 e. The van der Waals surface area contributed by atoms with E-state index in [-0.39, 0.29) is 31.6 Å². The second-order valence-corrected chi connectivity index (χ2v) is 19.5. The van der Waals surface area contributed by atoms with Crippen molar-refractivity contribution >= 4 is 17.9 Å². The van der Waals surface area contributed by atoms with E-state index in [0.717, 1.165) is 103 Å². The van der Waals surface area contributed by atoms with Crippen molar-refractivity contribution in [2.24, 2.45) is 0 Å². The van der Waals surface area contributed by atoms with E-state index in [1.165, 1.54) is 122 Å². The molecule has 0 aromatic carbocycles. The van der Waals surface area contributed by atoms with E-state index >= 15 is 0 Å². The normalized spacial score (nSPS) is 12.9. The maximum Gasteiger partial charge on any atom is 0.306 e. The second kappa shape index (κ2) is 59.6. The zero-order valence-corrected chi connectivity index (χ0v) is 46.9. The zero-order valence-electron chi connectivity index (χ0n) is 46.9. The fraction of sp³-hybridized carbons (Fsp3) is 0.682. The van der Waals surface area contributed by atoms with Gasteiger partial charge in [-0.25, -0.2) is 0 Å². The Morgan fingerprint density at radius 1 is 0.292 bits per heavy atom. The molecule has 6 nitrogen and oxygen atoms in total. The first-order chi connectivity index (χ1) is 35.5. The van der Waals surface area contributed by atoms with Gasteiger partial charge in [0.2, 0.25) is 0 Å². The monoisotopic (exact) mass is 999 g/mol. The lowest BCUT2D eigenvalue weighted by atomic mass is 10.0. The summed E-state index contributed by atoms with van der Waals surface area (Å²) in [6.07, 6.45) is 80.9. The number of ether oxygens (including phenoxy) is 3. The smallest absolute Gasteiger partial charge is 0.306 e. The van der Waals surface area contributed by atoms with E-state index in [9.17, 15) is 14.4 Å². The molecule has 0 aromatic heterocycles. The zero-order chi connectivity index (χ0) is 52.2. The summed E-state index contributed by atoms with van der Waals surface area (Å²) >= 11 is 0. The highest BCUT2D eigenvalue weighted by molar-refractivity contribution is 5.71. The van der Waals surface area contributed by atoms with Gasteiger partial charge in [0.25, 0.3) is 0 Å². The Morgan fingerprint density at radius 2 is 0.569 bits per heavy atom. The number of carbonyl (C=O) groups is 3. The van der Waals surface area contributed by atoms with Crippen molar-refractivity contribution in [3.8, 4) is 0 Å². The highest BCUT2D eigenvalue weighted by Crippen LogP contribution is 2.15. The molecule has 0 N–H and O–H groups in total. The molecule has 0 aliphatic heterocycles. The Balaban J connectivity index is 4.51. The molecule has 0 aromatic rings. The summed E-state index contributed by atoms with van der Waals surface area (Å²) < 4.78 is 16.8. The molecule has 0 amide bonds. The highest BCUT2D eigenvalue weighted by atomic mass is 16.6. The van der Waals surface area contributed by atoms with Gasteiger partial charge in [-0.05, 0) is 96.3 Å². The Hall–Kier alpha value is -3.93. The third-order valence-electron chi connectivity index (χ3n) is 12.5. The van der Waals surface area contributed by atoms with E-state index in [1.807, 2.05) is 6.08 Å². The Bertz CT molecular complexity index is 1470. The van der Waals surface area contributed by atoms with Crippen LogP contribution in [0.1, 0.15) is 271 Å². The van der Waals surface area contributed by atoms with Crippen molar-refractivity contribution < 1.29 is 28.6 Å². The van der Waals surface area contributed by atoms with Gasteiger partial charge in [0.1, 0.15) is 13.2 Å². The molecule has 0 bridgehead atoms. The van der Waals surface area contributed by atoms with Gasteiger partial charge in [-0.2, -0.15) is 0 Å². The first-order valence-electron chi connectivity index (χ1n) is 29.9. The maximum absolute atomic E-state index is 12.8. The lowest BCUT2D eigenvalue weighted by Gasteiger charge is -2.18. The SMILES string of the molecule is CC/C=C\C/C=C\C/C=C\C/C=C\C/C=C\C/C=C\CCC(=O)OC(COC(=O)CCCCCCCC/C=C\C/C=C\C/C=C\CCCCCCC)COC(=O)CCCCCCCCCCCCCCCC. The van der Waals surface area contributed by atoms with Crippen LogP contribution >= 0.6 is 0 Å². The minimum absolute atomic E-state index is 0.112. The predicted octanol–water partition coefficient (Wildman–Crippen LogP) is 20.3. The number of hydrogen-bond acceptors (Lipinski definition) is 6. The summed E-state index contributed by atoms with van der Waals surface area (Å²) in [6, 6.07) is 0. The molecule has 0 radical (unpaired) electrons. The predicted molar refractivity (Wildman–Crippen MR) is 311 cm³/mol. The maximum atomic E-state index is 12.8. The van der Waals surface area contributed by atoms with E-state index in [2.05, 4.69) is 124 Å². The van der Waals surface area contributed by atoms with Gasteiger partial charge in [-0.3, -0.25) is 14.4 Å². The number of esters is 3.